The monoisotopic (exact) mass is 408 g/mol. The average Bonchev–Trinajstić information content (AvgIpc) is 2.73. The van der Waals surface area contributed by atoms with Crippen LogP contribution >= 0.6 is 0 Å². The summed E-state index contributed by atoms with van der Waals surface area (Å²) in [6.45, 7) is 4.57. The van der Waals surface area contributed by atoms with E-state index in [4.69, 9.17) is 24.7 Å². The van der Waals surface area contributed by atoms with Gasteiger partial charge < -0.3 is 34.9 Å². The van der Waals surface area contributed by atoms with E-state index in [1.807, 2.05) is 19.1 Å². The third-order valence-corrected chi connectivity index (χ3v) is 4.55. The number of guanidine groups is 1. The van der Waals surface area contributed by atoms with Gasteiger partial charge in [-0.05, 0) is 19.8 Å². The molecule has 1 aromatic carbocycles. The molecule has 9 nitrogen and oxygen atoms in total. The van der Waals surface area contributed by atoms with E-state index >= 15 is 0 Å². The van der Waals surface area contributed by atoms with Crippen LogP contribution in [0.25, 0.3) is 0 Å². The first-order chi connectivity index (χ1) is 14.0. The largest absolute Gasteiger partial charge is 0.496 e. The van der Waals surface area contributed by atoms with Crippen molar-refractivity contribution in [1.82, 2.24) is 10.2 Å². The highest BCUT2D eigenvalue weighted by molar-refractivity contribution is 5.78. The molecule has 1 aromatic rings. The second kappa shape index (κ2) is 11.9. The smallest absolute Gasteiger partial charge is 0.409 e. The van der Waals surface area contributed by atoms with Crippen LogP contribution in [0.2, 0.25) is 0 Å². The molecule has 1 aliphatic rings. The second-order valence-electron chi connectivity index (χ2n) is 6.62. The van der Waals surface area contributed by atoms with Gasteiger partial charge in [-0.25, -0.2) is 4.79 Å². The number of amides is 1. The highest BCUT2D eigenvalue weighted by Gasteiger charge is 2.23. The van der Waals surface area contributed by atoms with Crippen LogP contribution in [0, 0.1) is 0 Å². The molecule has 1 heterocycles. The van der Waals surface area contributed by atoms with Crippen molar-refractivity contribution in [2.45, 2.75) is 32.2 Å². The van der Waals surface area contributed by atoms with Crippen molar-refractivity contribution in [2.75, 3.05) is 47.1 Å². The van der Waals surface area contributed by atoms with Gasteiger partial charge in [0.1, 0.15) is 17.2 Å². The zero-order valence-electron chi connectivity index (χ0n) is 17.5. The van der Waals surface area contributed by atoms with Gasteiger partial charge in [-0.15, -0.1) is 0 Å². The van der Waals surface area contributed by atoms with Crippen LogP contribution in [0.15, 0.2) is 23.2 Å². The highest BCUT2D eigenvalue weighted by Crippen LogP contribution is 2.27. The molecule has 1 amide bonds. The number of nitrogens with zero attached hydrogens (tertiary/aromatic N) is 2. The summed E-state index contributed by atoms with van der Waals surface area (Å²) < 4.78 is 21.2. The van der Waals surface area contributed by atoms with Crippen LogP contribution in [-0.2, 0) is 4.74 Å². The Morgan fingerprint density at radius 3 is 2.38 bits per heavy atom. The molecular weight excluding hydrogens is 376 g/mol. The molecule has 0 aromatic heterocycles. The van der Waals surface area contributed by atoms with Crippen LogP contribution in [0.1, 0.15) is 26.2 Å². The maximum atomic E-state index is 11.7. The third-order valence-electron chi connectivity index (χ3n) is 4.55. The Morgan fingerprint density at radius 2 is 1.79 bits per heavy atom. The van der Waals surface area contributed by atoms with Gasteiger partial charge in [0.25, 0.3) is 0 Å². The van der Waals surface area contributed by atoms with E-state index in [0.29, 0.717) is 56.1 Å². The first-order valence-corrected chi connectivity index (χ1v) is 9.89. The number of ether oxygens (including phenoxy) is 4. The molecule has 0 bridgehead atoms. The number of methoxy groups -OCH3 is 2. The summed E-state index contributed by atoms with van der Waals surface area (Å²) in [5.41, 5.74) is 5.98. The number of carbonyl (C=O) groups is 1. The van der Waals surface area contributed by atoms with Gasteiger partial charge in [-0.3, -0.25) is 4.99 Å². The molecule has 0 atom stereocenters. The molecule has 3 N–H and O–H groups in total. The van der Waals surface area contributed by atoms with Crippen LogP contribution in [0.5, 0.6) is 17.2 Å². The predicted octanol–water partition coefficient (Wildman–Crippen LogP) is 2.00. The van der Waals surface area contributed by atoms with E-state index in [1.165, 1.54) is 0 Å². The van der Waals surface area contributed by atoms with E-state index < -0.39 is 0 Å². The minimum Gasteiger partial charge on any atom is -0.496 e. The lowest BCUT2D eigenvalue weighted by molar-refractivity contribution is 0.0963. The summed E-state index contributed by atoms with van der Waals surface area (Å²) in [5.74, 6) is 2.46. The van der Waals surface area contributed by atoms with Crippen LogP contribution in [-0.4, -0.2) is 70.1 Å². The predicted molar refractivity (Wildman–Crippen MR) is 111 cm³/mol. The molecule has 0 saturated carbocycles. The maximum Gasteiger partial charge on any atom is 0.409 e. The summed E-state index contributed by atoms with van der Waals surface area (Å²) in [6, 6.07) is 5.63. The van der Waals surface area contributed by atoms with E-state index in [0.717, 1.165) is 19.3 Å². The summed E-state index contributed by atoms with van der Waals surface area (Å²) in [5, 5.41) is 3.22. The molecular formula is C20H32N4O5. The van der Waals surface area contributed by atoms with Crippen molar-refractivity contribution in [1.29, 1.82) is 0 Å². The SMILES string of the molecule is CCOC(=O)N1CCC(NC(N)=NCCCOc2cc(OC)cc(OC)c2)CC1. The highest BCUT2D eigenvalue weighted by atomic mass is 16.6. The Balaban J connectivity index is 1.66. The third kappa shape index (κ3) is 7.59. The number of likely N-dealkylation sites (tertiary alicyclic amines) is 1. The van der Waals surface area contributed by atoms with Crippen molar-refractivity contribution < 1.29 is 23.7 Å². The fraction of sp³-hybridized carbons (Fsp3) is 0.600. The second-order valence-corrected chi connectivity index (χ2v) is 6.62. The van der Waals surface area contributed by atoms with Gasteiger partial charge in [0.15, 0.2) is 5.96 Å². The zero-order valence-corrected chi connectivity index (χ0v) is 17.5. The topological polar surface area (TPSA) is 108 Å². The molecule has 9 heteroatoms. The minimum absolute atomic E-state index is 0.213. The number of nitrogens with two attached hydrogens (primary N) is 1. The van der Waals surface area contributed by atoms with E-state index in [-0.39, 0.29) is 12.1 Å². The number of nitrogens with one attached hydrogen (secondary N) is 1. The van der Waals surface area contributed by atoms with Crippen molar-refractivity contribution in [3.8, 4) is 17.2 Å². The molecule has 0 aliphatic carbocycles. The van der Waals surface area contributed by atoms with Crippen LogP contribution in [0.4, 0.5) is 4.79 Å². The number of hydrogen-bond acceptors (Lipinski definition) is 6. The van der Waals surface area contributed by atoms with Gasteiger partial charge in [0, 0.05) is 50.3 Å². The van der Waals surface area contributed by atoms with Crippen molar-refractivity contribution in [2.24, 2.45) is 10.7 Å². The zero-order chi connectivity index (χ0) is 21.1. The van der Waals surface area contributed by atoms with Crippen LogP contribution < -0.4 is 25.3 Å². The molecule has 0 radical (unpaired) electrons. The Morgan fingerprint density at radius 1 is 1.17 bits per heavy atom. The Labute approximate surface area is 172 Å². The standard InChI is InChI=1S/C20H32N4O5/c1-4-28-20(25)24-9-6-15(7-10-24)23-19(21)22-8-5-11-29-18-13-16(26-2)12-17(14-18)27-3/h12-15H,4-11H2,1-3H3,(H3,21,22,23). The molecule has 29 heavy (non-hydrogen) atoms. The average molecular weight is 408 g/mol. The first-order valence-electron chi connectivity index (χ1n) is 9.89. The van der Waals surface area contributed by atoms with Crippen molar-refractivity contribution in [3.05, 3.63) is 18.2 Å². The number of aliphatic imine (C=N–C) groups is 1. The van der Waals surface area contributed by atoms with Crippen molar-refractivity contribution in [3.63, 3.8) is 0 Å². The number of hydrogen-bond donors (Lipinski definition) is 2. The minimum atomic E-state index is -0.249. The normalized spacial score (nSPS) is 15.0. The number of carbonyl (C=O) groups excluding carboxylic acids is 1. The summed E-state index contributed by atoms with van der Waals surface area (Å²) >= 11 is 0. The maximum absolute atomic E-state index is 11.7. The lowest BCUT2D eigenvalue weighted by atomic mass is 10.1. The summed E-state index contributed by atoms with van der Waals surface area (Å²) in [4.78, 5) is 17.8. The number of benzene rings is 1. The Hall–Kier alpha value is -2.84. The molecule has 1 aliphatic heterocycles. The quantitative estimate of drug-likeness (QED) is 0.365. The molecule has 0 spiro atoms. The Bertz CT molecular complexity index is 653. The van der Waals surface area contributed by atoms with E-state index in [9.17, 15) is 4.79 Å². The van der Waals surface area contributed by atoms with Crippen molar-refractivity contribution >= 4 is 12.1 Å². The lowest BCUT2D eigenvalue weighted by Crippen LogP contribution is -2.48. The van der Waals surface area contributed by atoms with E-state index in [1.54, 1.807) is 25.2 Å². The lowest BCUT2D eigenvalue weighted by Gasteiger charge is -2.31. The number of rotatable bonds is 9. The summed E-state index contributed by atoms with van der Waals surface area (Å²) in [6.07, 6.45) is 2.11. The van der Waals surface area contributed by atoms with Gasteiger partial charge in [0.2, 0.25) is 0 Å². The number of piperidine rings is 1. The van der Waals surface area contributed by atoms with Gasteiger partial charge >= 0.3 is 6.09 Å². The van der Waals surface area contributed by atoms with E-state index in [2.05, 4.69) is 10.3 Å². The fourth-order valence-electron chi connectivity index (χ4n) is 2.99. The molecule has 1 saturated heterocycles. The van der Waals surface area contributed by atoms with Gasteiger partial charge in [-0.1, -0.05) is 0 Å². The molecule has 162 valence electrons. The van der Waals surface area contributed by atoms with Crippen LogP contribution in [0.3, 0.4) is 0 Å². The molecule has 0 unspecified atom stereocenters. The first kappa shape index (κ1) is 22.4. The van der Waals surface area contributed by atoms with Gasteiger partial charge in [0.05, 0.1) is 27.4 Å². The Kier molecular flexibility index (Phi) is 9.20. The fourth-order valence-corrected chi connectivity index (χ4v) is 2.99. The molecule has 1 fully saturated rings. The summed E-state index contributed by atoms with van der Waals surface area (Å²) in [7, 11) is 3.20. The van der Waals surface area contributed by atoms with Gasteiger partial charge in [-0.2, -0.15) is 0 Å². The molecule has 2 rings (SSSR count).